The molecule has 2 aliphatic heterocycles. The van der Waals surface area contributed by atoms with Gasteiger partial charge in [-0.1, -0.05) is 33.8 Å². The molecule has 0 saturated carbocycles. The second-order valence-electron chi connectivity index (χ2n) is 12.9. The zero-order valence-electron chi connectivity index (χ0n) is 27.3. The maximum Gasteiger partial charge on any atom is 0.303 e. The van der Waals surface area contributed by atoms with Crippen molar-refractivity contribution >= 4 is 49.2 Å². The highest BCUT2D eigenvalue weighted by Crippen LogP contribution is 2.47. The molecule has 0 saturated heterocycles. The molecule has 2 aliphatic rings. The van der Waals surface area contributed by atoms with Crippen LogP contribution in [0, 0.1) is 0 Å². The van der Waals surface area contributed by atoms with Crippen molar-refractivity contribution in [1.29, 1.82) is 0 Å². The van der Waals surface area contributed by atoms with Gasteiger partial charge in [-0.25, -0.2) is 9.55 Å². The molecule has 4 heterocycles. The van der Waals surface area contributed by atoms with Crippen LogP contribution < -0.4 is 25.4 Å². The number of carboxylic acid groups (broad SMARTS) is 1. The smallest absolute Gasteiger partial charge is 0.303 e. The summed E-state index contributed by atoms with van der Waals surface area (Å²) in [6, 6.07) is 3.60. The van der Waals surface area contributed by atoms with E-state index in [1.54, 1.807) is 12.4 Å². The number of allylic oxidation sites excluding steroid dienone is 3. The zero-order chi connectivity index (χ0) is 34.8. The van der Waals surface area contributed by atoms with Crippen LogP contribution in [0.4, 0.5) is 23.0 Å². The Hall–Kier alpha value is -3.73. The number of unbranched alkanes of at least 4 members (excludes halogenated alkanes) is 2. The van der Waals surface area contributed by atoms with Crippen LogP contribution in [0.15, 0.2) is 48.5 Å². The van der Waals surface area contributed by atoms with E-state index in [1.807, 2.05) is 35.8 Å². The number of carbonyl (C=O) groups is 1. The summed E-state index contributed by atoms with van der Waals surface area (Å²) in [5, 5.41) is 18.1. The van der Waals surface area contributed by atoms with Crippen molar-refractivity contribution in [3.8, 4) is 0 Å². The topological polar surface area (TPSA) is 202 Å². The number of hydrogen-bond donors (Lipinski definition) is 6. The van der Waals surface area contributed by atoms with Crippen LogP contribution in [-0.2, 0) is 42.4 Å². The van der Waals surface area contributed by atoms with Gasteiger partial charge in [0.05, 0.1) is 29.7 Å². The van der Waals surface area contributed by atoms with E-state index in [4.69, 9.17) is 9.66 Å². The van der Waals surface area contributed by atoms with Gasteiger partial charge < -0.3 is 20.6 Å². The SMILES string of the molecule is CCN1/C(=C\C=C\C2Nc3c(cc(NCS(=O)(=O)O)c[n+]3CCCCCC(=O)O)C2(C)C)C(C)(C)c2cc(NCS(=O)(=O)O)cnc21. The lowest BCUT2D eigenvalue weighted by Crippen LogP contribution is -2.37. The van der Waals surface area contributed by atoms with Gasteiger partial charge in [0.15, 0.2) is 0 Å². The van der Waals surface area contributed by atoms with Crippen LogP contribution in [0.3, 0.4) is 0 Å². The van der Waals surface area contributed by atoms with Crippen molar-refractivity contribution < 1.29 is 40.4 Å². The molecule has 1 atom stereocenters. The molecule has 0 bridgehead atoms. The Labute approximate surface area is 276 Å². The Bertz CT molecular complexity index is 1790. The van der Waals surface area contributed by atoms with Gasteiger partial charge in [-0.3, -0.25) is 19.2 Å². The number of hydrogen-bond acceptors (Lipinski definition) is 10. The number of rotatable bonds is 15. The molecule has 2 aromatic rings. The summed E-state index contributed by atoms with van der Waals surface area (Å²) >= 11 is 0. The van der Waals surface area contributed by atoms with Crippen LogP contribution in [0.25, 0.3) is 0 Å². The predicted octanol–water partition coefficient (Wildman–Crippen LogP) is 3.86. The molecule has 0 amide bonds. The molecule has 6 N–H and O–H groups in total. The van der Waals surface area contributed by atoms with Gasteiger partial charge in [0.2, 0.25) is 0 Å². The fraction of sp³-hybridized carbons (Fsp3) is 0.516. The van der Waals surface area contributed by atoms with Crippen LogP contribution in [0.5, 0.6) is 0 Å². The zero-order valence-corrected chi connectivity index (χ0v) is 28.9. The fourth-order valence-corrected chi connectivity index (χ4v) is 6.83. The number of nitrogens with one attached hydrogen (secondary N) is 3. The van der Waals surface area contributed by atoms with Gasteiger partial charge in [-0.05, 0) is 50.5 Å². The van der Waals surface area contributed by atoms with Crippen molar-refractivity contribution in [3.63, 3.8) is 0 Å². The van der Waals surface area contributed by atoms with Crippen molar-refractivity contribution in [3.05, 3.63) is 59.6 Å². The molecule has 16 heteroatoms. The second kappa shape index (κ2) is 13.8. The summed E-state index contributed by atoms with van der Waals surface area (Å²) in [6.07, 6.45) is 11.6. The molecule has 14 nitrogen and oxygen atoms in total. The maximum absolute atomic E-state index is 11.4. The first kappa shape index (κ1) is 36.1. The fourth-order valence-electron chi connectivity index (χ4n) is 6.14. The summed E-state index contributed by atoms with van der Waals surface area (Å²) < 4.78 is 65.8. The van der Waals surface area contributed by atoms with Gasteiger partial charge in [0, 0.05) is 35.1 Å². The number of aliphatic carboxylic acids is 1. The van der Waals surface area contributed by atoms with Gasteiger partial charge in [-0.2, -0.15) is 16.8 Å². The average Bonchev–Trinajstić information content (AvgIpc) is 3.35. The highest BCUT2D eigenvalue weighted by atomic mass is 32.2. The first-order chi connectivity index (χ1) is 21.8. The number of aryl methyl sites for hydroxylation is 1. The number of aromatic nitrogens is 2. The third kappa shape index (κ3) is 8.60. The summed E-state index contributed by atoms with van der Waals surface area (Å²) in [5.74, 6) is -0.425. The van der Waals surface area contributed by atoms with Crippen LogP contribution >= 0.6 is 0 Å². The summed E-state index contributed by atoms with van der Waals surface area (Å²) in [6.45, 7) is 11.6. The summed E-state index contributed by atoms with van der Waals surface area (Å²) in [5.41, 5.74) is 3.03. The minimum atomic E-state index is -4.24. The Morgan fingerprint density at radius 2 is 1.66 bits per heavy atom. The van der Waals surface area contributed by atoms with Crippen molar-refractivity contribution in [1.82, 2.24) is 4.98 Å². The van der Waals surface area contributed by atoms with Crippen molar-refractivity contribution in [2.75, 3.05) is 39.1 Å². The van der Waals surface area contributed by atoms with Gasteiger partial charge in [0.1, 0.15) is 29.8 Å². The van der Waals surface area contributed by atoms with Gasteiger partial charge >= 0.3 is 5.97 Å². The molecule has 1 unspecified atom stereocenters. The Kier molecular flexibility index (Phi) is 10.6. The third-order valence-electron chi connectivity index (χ3n) is 8.71. The van der Waals surface area contributed by atoms with Crippen molar-refractivity contribution in [2.45, 2.75) is 83.7 Å². The molecule has 2 aromatic heterocycles. The number of fused-ring (bicyclic) bond motifs is 2. The molecule has 0 spiro atoms. The standard InChI is InChI=1S/C31H44N6O8S2/c1-6-37-26(31(4,5)23-15-21(17-32-28(23)37)33-19-46(40,41)42)12-10-11-25-30(2,3)24-16-22(34-20-47(43,44)45)18-36(29(24)35-25)14-9-7-8-13-27(38)39/h10-12,15-18,25,33-34H,6-9,13-14,19-20H2,1-5H3,(H3,38,39,40,41,42,43,44,45)/p+1/b11-10+,26-12-. The number of anilines is 4. The first-order valence-corrected chi connectivity index (χ1v) is 18.7. The van der Waals surface area contributed by atoms with E-state index in [1.165, 1.54) is 0 Å². The van der Waals surface area contributed by atoms with E-state index in [2.05, 4.69) is 59.6 Å². The largest absolute Gasteiger partial charge is 0.481 e. The molecule has 0 fully saturated rings. The minimum absolute atomic E-state index is 0.103. The molecule has 47 heavy (non-hydrogen) atoms. The number of likely N-dealkylation sites (N-methyl/N-ethyl adjacent to an activating group) is 1. The Balaban J connectivity index is 1.60. The number of carboxylic acids is 1. The molecule has 258 valence electrons. The normalized spacial score (nSPS) is 19.1. The first-order valence-electron chi connectivity index (χ1n) is 15.4. The van der Waals surface area contributed by atoms with Crippen LogP contribution in [0.2, 0.25) is 0 Å². The molecule has 4 rings (SSSR count). The van der Waals surface area contributed by atoms with E-state index < -0.39 is 48.8 Å². The maximum atomic E-state index is 11.4. The average molecular weight is 694 g/mol. The van der Waals surface area contributed by atoms with Gasteiger partial charge in [-0.15, -0.1) is 0 Å². The molecular weight excluding hydrogens is 649 g/mol. The predicted molar refractivity (Wildman–Crippen MR) is 181 cm³/mol. The Morgan fingerprint density at radius 1 is 1.02 bits per heavy atom. The lowest BCUT2D eigenvalue weighted by molar-refractivity contribution is -0.683. The quantitative estimate of drug-likeness (QED) is 0.0893. The highest BCUT2D eigenvalue weighted by Gasteiger charge is 2.45. The van der Waals surface area contributed by atoms with Crippen molar-refractivity contribution in [2.24, 2.45) is 0 Å². The van der Waals surface area contributed by atoms with E-state index in [0.717, 1.165) is 41.3 Å². The minimum Gasteiger partial charge on any atom is -0.481 e. The summed E-state index contributed by atoms with van der Waals surface area (Å²) in [4.78, 5) is 17.6. The second-order valence-corrected chi connectivity index (χ2v) is 15.8. The lowest BCUT2D eigenvalue weighted by Gasteiger charge is -2.25. The van der Waals surface area contributed by atoms with Gasteiger partial charge in [0.25, 0.3) is 26.1 Å². The summed E-state index contributed by atoms with van der Waals surface area (Å²) in [7, 11) is -8.44. The van der Waals surface area contributed by atoms with E-state index in [9.17, 15) is 26.2 Å². The molecule has 0 aliphatic carbocycles. The lowest BCUT2D eigenvalue weighted by atomic mass is 9.80. The number of nitrogens with zero attached hydrogens (tertiary/aromatic N) is 3. The Morgan fingerprint density at radius 3 is 2.28 bits per heavy atom. The highest BCUT2D eigenvalue weighted by molar-refractivity contribution is 7.86. The molecule has 0 aromatic carbocycles. The van der Waals surface area contributed by atoms with E-state index >= 15 is 0 Å². The molecule has 0 radical (unpaired) electrons. The van der Waals surface area contributed by atoms with E-state index in [0.29, 0.717) is 30.9 Å². The third-order valence-corrected chi connectivity index (χ3v) is 9.73. The molecular formula is C31H45N6O8S2+. The monoisotopic (exact) mass is 693 g/mol. The van der Waals surface area contributed by atoms with Crippen LogP contribution in [-0.4, -0.2) is 66.3 Å². The van der Waals surface area contributed by atoms with Crippen LogP contribution in [0.1, 0.15) is 71.4 Å². The van der Waals surface area contributed by atoms with E-state index in [-0.39, 0.29) is 12.5 Å². The number of pyridine rings is 2.